The van der Waals surface area contributed by atoms with E-state index in [1.165, 1.54) is 0 Å². The van der Waals surface area contributed by atoms with Crippen LogP contribution in [0, 0.1) is 0 Å². The summed E-state index contributed by atoms with van der Waals surface area (Å²) in [5, 5.41) is 0. The number of ether oxygens (including phenoxy) is 1. The van der Waals surface area contributed by atoms with Crippen molar-refractivity contribution in [3.8, 4) is 0 Å². The molecule has 2 N–H and O–H groups in total. The molecule has 1 amide bonds. The highest BCUT2D eigenvalue weighted by atomic mass is 16.6. The Labute approximate surface area is 119 Å². The van der Waals surface area contributed by atoms with Crippen molar-refractivity contribution in [2.45, 2.75) is 32.8 Å². The fraction of sp³-hybridized carbons (Fsp3) is 0.467. The molecule has 0 fully saturated rings. The van der Waals surface area contributed by atoms with Gasteiger partial charge >= 0.3 is 6.09 Å². The minimum absolute atomic E-state index is 0.268. The molecule has 1 aliphatic heterocycles. The Morgan fingerprint density at radius 1 is 1.45 bits per heavy atom. The molecule has 0 saturated carbocycles. The quantitative estimate of drug-likeness (QED) is 0.855. The summed E-state index contributed by atoms with van der Waals surface area (Å²) in [6, 6.07) is 1.91. The van der Waals surface area contributed by atoms with Gasteiger partial charge in [0, 0.05) is 24.8 Å². The van der Waals surface area contributed by atoms with Gasteiger partial charge in [-0.3, -0.25) is 4.98 Å². The summed E-state index contributed by atoms with van der Waals surface area (Å²) in [7, 11) is 0. The molecule has 2 rings (SSSR count). The number of carbonyl (C=O) groups is 1. The molecule has 0 radical (unpaired) electrons. The van der Waals surface area contributed by atoms with Crippen LogP contribution in [0.3, 0.4) is 0 Å². The Balaban J connectivity index is 2.04. The van der Waals surface area contributed by atoms with E-state index in [-0.39, 0.29) is 6.09 Å². The molecule has 1 aromatic rings. The first-order valence-corrected chi connectivity index (χ1v) is 6.73. The van der Waals surface area contributed by atoms with Crippen LogP contribution in [0.1, 0.15) is 32.8 Å². The first-order chi connectivity index (χ1) is 9.37. The molecule has 0 atom stereocenters. The van der Waals surface area contributed by atoms with Crippen molar-refractivity contribution in [3.05, 3.63) is 30.1 Å². The van der Waals surface area contributed by atoms with Gasteiger partial charge in [-0.1, -0.05) is 6.08 Å². The fourth-order valence-corrected chi connectivity index (χ4v) is 2.11. The lowest BCUT2D eigenvalue weighted by molar-refractivity contribution is 0.0270. The van der Waals surface area contributed by atoms with E-state index in [9.17, 15) is 4.79 Å². The maximum Gasteiger partial charge on any atom is 0.410 e. The summed E-state index contributed by atoms with van der Waals surface area (Å²) >= 11 is 0. The molecule has 0 aromatic carbocycles. The highest BCUT2D eigenvalue weighted by molar-refractivity contribution is 5.77. The number of amides is 1. The third kappa shape index (κ3) is 3.50. The van der Waals surface area contributed by atoms with E-state index in [4.69, 9.17) is 10.5 Å². The second kappa shape index (κ2) is 5.53. The van der Waals surface area contributed by atoms with Gasteiger partial charge in [-0.25, -0.2) is 4.79 Å². The summed E-state index contributed by atoms with van der Waals surface area (Å²) in [4.78, 5) is 17.7. The highest BCUT2D eigenvalue weighted by Crippen LogP contribution is 2.26. The number of nitrogens with two attached hydrogens (primary N) is 1. The minimum Gasteiger partial charge on any atom is -0.444 e. The maximum atomic E-state index is 12.0. The minimum atomic E-state index is -0.462. The molecule has 1 aliphatic rings. The Morgan fingerprint density at radius 3 is 2.75 bits per heavy atom. The predicted octanol–water partition coefficient (Wildman–Crippen LogP) is 2.69. The molecular formula is C15H21N3O2. The van der Waals surface area contributed by atoms with Gasteiger partial charge in [0.2, 0.25) is 0 Å². The van der Waals surface area contributed by atoms with Crippen LogP contribution in [0.25, 0.3) is 5.57 Å². The van der Waals surface area contributed by atoms with Crippen LogP contribution < -0.4 is 5.73 Å². The predicted molar refractivity (Wildman–Crippen MR) is 79.1 cm³/mol. The number of pyridine rings is 1. The lowest BCUT2D eigenvalue weighted by Gasteiger charge is -2.29. The van der Waals surface area contributed by atoms with Crippen LogP contribution in [-0.2, 0) is 4.74 Å². The van der Waals surface area contributed by atoms with E-state index >= 15 is 0 Å². The van der Waals surface area contributed by atoms with E-state index in [0.717, 1.165) is 17.6 Å². The average Bonchev–Trinajstić information content (AvgIpc) is 2.37. The normalized spacial score (nSPS) is 15.8. The summed E-state index contributed by atoms with van der Waals surface area (Å²) in [6.07, 6.45) is 5.91. The number of nitrogen functional groups attached to an aromatic ring is 1. The molecule has 108 valence electrons. The number of aromatic nitrogens is 1. The Bertz CT molecular complexity index is 532. The lowest BCUT2D eigenvalue weighted by Crippen LogP contribution is -2.39. The molecule has 5 nitrogen and oxygen atoms in total. The number of carbonyl (C=O) groups excluding carboxylic acids is 1. The molecule has 2 heterocycles. The van der Waals surface area contributed by atoms with Gasteiger partial charge in [-0.2, -0.15) is 0 Å². The zero-order chi connectivity index (χ0) is 14.8. The van der Waals surface area contributed by atoms with E-state index in [2.05, 4.69) is 4.98 Å². The van der Waals surface area contributed by atoms with Crippen LogP contribution in [-0.4, -0.2) is 34.7 Å². The molecule has 0 spiro atoms. The zero-order valence-electron chi connectivity index (χ0n) is 12.2. The van der Waals surface area contributed by atoms with Gasteiger partial charge in [0.15, 0.2) is 0 Å². The monoisotopic (exact) mass is 275 g/mol. The van der Waals surface area contributed by atoms with Crippen molar-refractivity contribution < 1.29 is 9.53 Å². The molecule has 1 aromatic heterocycles. The van der Waals surface area contributed by atoms with E-state index in [1.807, 2.05) is 32.9 Å². The highest BCUT2D eigenvalue weighted by Gasteiger charge is 2.24. The Hall–Kier alpha value is -2.04. The first-order valence-electron chi connectivity index (χ1n) is 6.73. The van der Waals surface area contributed by atoms with Gasteiger partial charge in [-0.15, -0.1) is 0 Å². The largest absolute Gasteiger partial charge is 0.444 e. The van der Waals surface area contributed by atoms with Crippen molar-refractivity contribution in [2.24, 2.45) is 0 Å². The molecule has 5 heteroatoms. The number of nitrogens with zero attached hydrogens (tertiary/aromatic N) is 2. The fourth-order valence-electron chi connectivity index (χ4n) is 2.11. The van der Waals surface area contributed by atoms with Gasteiger partial charge in [0.25, 0.3) is 0 Å². The third-order valence-corrected chi connectivity index (χ3v) is 3.06. The molecule has 0 saturated heterocycles. The third-order valence-electron chi connectivity index (χ3n) is 3.06. The smallest absolute Gasteiger partial charge is 0.410 e. The van der Waals surface area contributed by atoms with E-state index in [1.54, 1.807) is 17.3 Å². The average molecular weight is 275 g/mol. The van der Waals surface area contributed by atoms with E-state index < -0.39 is 5.60 Å². The zero-order valence-corrected chi connectivity index (χ0v) is 12.2. The van der Waals surface area contributed by atoms with Crippen molar-refractivity contribution in [2.75, 3.05) is 18.8 Å². The van der Waals surface area contributed by atoms with Gasteiger partial charge in [-0.05, 0) is 38.8 Å². The standard InChI is InChI=1S/C15H21N3O2/c1-15(2,3)20-14(19)18-8-5-11(6-9-18)12-4-7-17-10-13(12)16/h4-5,7,10H,6,8-9,16H2,1-3H3. The van der Waals surface area contributed by atoms with Crippen molar-refractivity contribution in [3.63, 3.8) is 0 Å². The summed E-state index contributed by atoms with van der Waals surface area (Å²) in [5.74, 6) is 0. The van der Waals surface area contributed by atoms with Crippen LogP contribution in [0.4, 0.5) is 10.5 Å². The van der Waals surface area contributed by atoms with Crippen LogP contribution in [0.15, 0.2) is 24.5 Å². The number of rotatable bonds is 1. The second-order valence-corrected chi connectivity index (χ2v) is 5.87. The van der Waals surface area contributed by atoms with Gasteiger partial charge in [0.1, 0.15) is 5.60 Å². The summed E-state index contributed by atoms with van der Waals surface area (Å²) in [6.45, 7) is 6.80. The number of anilines is 1. The summed E-state index contributed by atoms with van der Waals surface area (Å²) < 4.78 is 5.36. The van der Waals surface area contributed by atoms with Crippen LogP contribution in [0.2, 0.25) is 0 Å². The van der Waals surface area contributed by atoms with E-state index in [0.29, 0.717) is 18.8 Å². The Morgan fingerprint density at radius 2 is 2.20 bits per heavy atom. The molecule has 0 bridgehead atoms. The molecule has 0 unspecified atom stereocenters. The maximum absolute atomic E-state index is 12.0. The number of hydrogen-bond donors (Lipinski definition) is 1. The molecular weight excluding hydrogens is 254 g/mol. The van der Waals surface area contributed by atoms with Gasteiger partial charge in [0.05, 0.1) is 11.9 Å². The summed E-state index contributed by atoms with van der Waals surface area (Å²) in [5.41, 5.74) is 8.29. The van der Waals surface area contributed by atoms with Crippen LogP contribution in [0.5, 0.6) is 0 Å². The molecule has 20 heavy (non-hydrogen) atoms. The van der Waals surface area contributed by atoms with Gasteiger partial charge < -0.3 is 15.4 Å². The topological polar surface area (TPSA) is 68.5 Å². The number of hydrogen-bond acceptors (Lipinski definition) is 4. The van der Waals surface area contributed by atoms with Crippen LogP contribution >= 0.6 is 0 Å². The Kier molecular flexibility index (Phi) is 3.97. The SMILES string of the molecule is CC(C)(C)OC(=O)N1CC=C(c2ccncc2N)CC1. The second-order valence-electron chi connectivity index (χ2n) is 5.87. The van der Waals surface area contributed by atoms with Crippen molar-refractivity contribution in [1.82, 2.24) is 9.88 Å². The van der Waals surface area contributed by atoms with Crippen molar-refractivity contribution in [1.29, 1.82) is 0 Å². The lowest BCUT2D eigenvalue weighted by atomic mass is 9.99. The van der Waals surface area contributed by atoms with Crippen molar-refractivity contribution >= 4 is 17.4 Å². The molecule has 0 aliphatic carbocycles. The first kappa shape index (κ1) is 14.4.